The molecule has 1 fully saturated rings. The standard InChI is InChI=1S/C17H23NO3/c1-12(2)5-3-4-10-21-14-8-6-13(7-9-14)15-11-16(19)18-17(15)20/h6-9,12,15H,3-5,10-11H2,1-2H3,(H,18,19,20)/t15-/m0/s1. The van der Waals surface area contributed by atoms with Crippen LogP contribution in [0.25, 0.3) is 0 Å². The van der Waals surface area contributed by atoms with Gasteiger partial charge in [-0.3, -0.25) is 14.9 Å². The highest BCUT2D eigenvalue weighted by atomic mass is 16.5. The van der Waals surface area contributed by atoms with E-state index in [0.29, 0.717) is 6.61 Å². The lowest BCUT2D eigenvalue weighted by molar-refractivity contribution is -0.125. The van der Waals surface area contributed by atoms with Gasteiger partial charge in [-0.25, -0.2) is 0 Å². The lowest BCUT2D eigenvalue weighted by Gasteiger charge is -2.10. The smallest absolute Gasteiger partial charge is 0.234 e. The summed E-state index contributed by atoms with van der Waals surface area (Å²) in [6.45, 7) is 5.17. The first-order chi connectivity index (χ1) is 10.1. The first-order valence-corrected chi connectivity index (χ1v) is 7.62. The molecule has 21 heavy (non-hydrogen) atoms. The van der Waals surface area contributed by atoms with Gasteiger partial charge in [-0.05, 0) is 36.5 Å². The van der Waals surface area contributed by atoms with Gasteiger partial charge in [0.15, 0.2) is 0 Å². The summed E-state index contributed by atoms with van der Waals surface area (Å²) in [6.07, 6.45) is 3.71. The summed E-state index contributed by atoms with van der Waals surface area (Å²) in [6, 6.07) is 7.47. The molecule has 1 N–H and O–H groups in total. The quantitative estimate of drug-likeness (QED) is 0.620. The largest absolute Gasteiger partial charge is 0.494 e. The number of unbranched alkanes of at least 4 members (excludes halogenated alkanes) is 1. The fourth-order valence-corrected chi connectivity index (χ4v) is 2.46. The number of carbonyl (C=O) groups excluding carboxylic acids is 2. The molecule has 4 nitrogen and oxygen atoms in total. The Balaban J connectivity index is 1.79. The Bertz CT molecular complexity index is 493. The molecule has 0 spiro atoms. The van der Waals surface area contributed by atoms with Crippen LogP contribution in [0.15, 0.2) is 24.3 Å². The maximum atomic E-state index is 11.6. The predicted octanol–water partition coefficient (Wildman–Crippen LogP) is 3.02. The third-order valence-electron chi connectivity index (χ3n) is 3.70. The van der Waals surface area contributed by atoms with E-state index in [2.05, 4.69) is 19.2 Å². The van der Waals surface area contributed by atoms with Gasteiger partial charge in [-0.1, -0.05) is 32.4 Å². The maximum Gasteiger partial charge on any atom is 0.234 e. The molecule has 1 heterocycles. The average molecular weight is 289 g/mol. The molecule has 0 aromatic heterocycles. The van der Waals surface area contributed by atoms with Gasteiger partial charge in [0.05, 0.1) is 12.5 Å². The number of benzene rings is 1. The highest BCUT2D eigenvalue weighted by Crippen LogP contribution is 2.26. The molecule has 0 aliphatic carbocycles. The van der Waals surface area contributed by atoms with Crippen LogP contribution >= 0.6 is 0 Å². The molecule has 2 amide bonds. The van der Waals surface area contributed by atoms with E-state index in [0.717, 1.165) is 23.7 Å². The first-order valence-electron chi connectivity index (χ1n) is 7.62. The Morgan fingerprint density at radius 1 is 1.19 bits per heavy atom. The number of imide groups is 1. The SMILES string of the molecule is CC(C)CCCCOc1ccc([C@@H]2CC(=O)NC2=O)cc1. The average Bonchev–Trinajstić information content (AvgIpc) is 2.78. The van der Waals surface area contributed by atoms with Crippen molar-refractivity contribution in [3.05, 3.63) is 29.8 Å². The van der Waals surface area contributed by atoms with E-state index in [-0.39, 0.29) is 24.2 Å². The molecule has 0 radical (unpaired) electrons. The highest BCUT2D eigenvalue weighted by Gasteiger charge is 2.31. The minimum Gasteiger partial charge on any atom is -0.494 e. The van der Waals surface area contributed by atoms with Crippen molar-refractivity contribution in [2.75, 3.05) is 6.61 Å². The zero-order valence-corrected chi connectivity index (χ0v) is 12.7. The van der Waals surface area contributed by atoms with Crippen LogP contribution in [0.5, 0.6) is 5.75 Å². The molecule has 0 unspecified atom stereocenters. The third kappa shape index (κ3) is 4.59. The van der Waals surface area contributed by atoms with Gasteiger partial charge in [0.25, 0.3) is 0 Å². The van der Waals surface area contributed by atoms with Gasteiger partial charge in [0.2, 0.25) is 11.8 Å². The molecule has 2 rings (SSSR count). The zero-order valence-electron chi connectivity index (χ0n) is 12.7. The number of rotatable bonds is 7. The Hall–Kier alpha value is -1.84. The van der Waals surface area contributed by atoms with Gasteiger partial charge in [0, 0.05) is 6.42 Å². The molecule has 1 aliphatic rings. The molecule has 0 bridgehead atoms. The second-order valence-corrected chi connectivity index (χ2v) is 5.98. The van der Waals surface area contributed by atoms with Gasteiger partial charge in [-0.15, -0.1) is 0 Å². The van der Waals surface area contributed by atoms with E-state index >= 15 is 0 Å². The molecule has 1 aromatic rings. The monoisotopic (exact) mass is 289 g/mol. The molecule has 114 valence electrons. The van der Waals surface area contributed by atoms with Crippen molar-refractivity contribution in [2.45, 2.75) is 45.4 Å². The molecule has 1 aromatic carbocycles. The van der Waals surface area contributed by atoms with E-state index in [1.807, 2.05) is 24.3 Å². The van der Waals surface area contributed by atoms with Gasteiger partial charge in [0.1, 0.15) is 5.75 Å². The Morgan fingerprint density at radius 2 is 1.90 bits per heavy atom. The Morgan fingerprint density at radius 3 is 2.48 bits per heavy atom. The van der Waals surface area contributed by atoms with E-state index in [1.165, 1.54) is 12.8 Å². The zero-order chi connectivity index (χ0) is 15.2. The lowest BCUT2D eigenvalue weighted by Crippen LogP contribution is -2.21. The van der Waals surface area contributed by atoms with Gasteiger partial charge < -0.3 is 4.74 Å². The molecular formula is C17H23NO3. The normalized spacial score (nSPS) is 18.1. The van der Waals surface area contributed by atoms with Crippen molar-refractivity contribution in [1.82, 2.24) is 5.32 Å². The molecule has 4 heteroatoms. The minimum absolute atomic E-state index is 0.199. The predicted molar refractivity (Wildman–Crippen MR) is 81.1 cm³/mol. The maximum absolute atomic E-state index is 11.6. The molecule has 1 saturated heterocycles. The van der Waals surface area contributed by atoms with Crippen LogP contribution in [0.2, 0.25) is 0 Å². The van der Waals surface area contributed by atoms with Crippen molar-refractivity contribution < 1.29 is 14.3 Å². The molecule has 1 atom stereocenters. The van der Waals surface area contributed by atoms with Crippen LogP contribution in [0.1, 0.15) is 51.0 Å². The summed E-state index contributed by atoms with van der Waals surface area (Å²) in [7, 11) is 0. The number of hydrogen-bond donors (Lipinski definition) is 1. The first kappa shape index (κ1) is 15.5. The second-order valence-electron chi connectivity index (χ2n) is 5.98. The summed E-state index contributed by atoms with van der Waals surface area (Å²) < 4.78 is 5.69. The van der Waals surface area contributed by atoms with Crippen LogP contribution in [0, 0.1) is 5.92 Å². The van der Waals surface area contributed by atoms with Crippen molar-refractivity contribution in [1.29, 1.82) is 0 Å². The van der Waals surface area contributed by atoms with E-state index in [9.17, 15) is 9.59 Å². The van der Waals surface area contributed by atoms with E-state index in [4.69, 9.17) is 4.74 Å². The van der Waals surface area contributed by atoms with Crippen LogP contribution in [-0.4, -0.2) is 18.4 Å². The fraction of sp³-hybridized carbons (Fsp3) is 0.529. The van der Waals surface area contributed by atoms with Crippen molar-refractivity contribution in [3.8, 4) is 5.75 Å². The van der Waals surface area contributed by atoms with Crippen molar-refractivity contribution >= 4 is 11.8 Å². The van der Waals surface area contributed by atoms with Gasteiger partial charge in [-0.2, -0.15) is 0 Å². The number of carbonyl (C=O) groups is 2. The lowest BCUT2D eigenvalue weighted by atomic mass is 9.98. The second kappa shape index (κ2) is 7.25. The molecule has 0 saturated carbocycles. The number of ether oxygens (including phenoxy) is 1. The Kier molecular flexibility index (Phi) is 5.37. The summed E-state index contributed by atoms with van der Waals surface area (Å²) in [4.78, 5) is 22.8. The minimum atomic E-state index is -0.349. The van der Waals surface area contributed by atoms with Crippen molar-refractivity contribution in [2.24, 2.45) is 5.92 Å². The summed E-state index contributed by atoms with van der Waals surface area (Å²) in [5.74, 6) is 0.799. The van der Waals surface area contributed by atoms with Gasteiger partial charge >= 0.3 is 0 Å². The van der Waals surface area contributed by atoms with Crippen LogP contribution < -0.4 is 10.1 Å². The molecule has 1 aliphatic heterocycles. The van der Waals surface area contributed by atoms with Crippen LogP contribution in [-0.2, 0) is 9.59 Å². The summed E-state index contributed by atoms with van der Waals surface area (Å²) in [5.41, 5.74) is 0.866. The fourth-order valence-electron chi connectivity index (χ4n) is 2.46. The molecular weight excluding hydrogens is 266 g/mol. The highest BCUT2D eigenvalue weighted by molar-refractivity contribution is 6.06. The summed E-state index contributed by atoms with van der Waals surface area (Å²) in [5, 5.41) is 2.33. The summed E-state index contributed by atoms with van der Waals surface area (Å²) >= 11 is 0. The number of amides is 2. The van der Waals surface area contributed by atoms with E-state index in [1.54, 1.807) is 0 Å². The number of nitrogens with one attached hydrogen (secondary N) is 1. The van der Waals surface area contributed by atoms with Crippen LogP contribution in [0.4, 0.5) is 0 Å². The van der Waals surface area contributed by atoms with E-state index < -0.39 is 0 Å². The van der Waals surface area contributed by atoms with Crippen molar-refractivity contribution in [3.63, 3.8) is 0 Å². The number of hydrogen-bond acceptors (Lipinski definition) is 3. The Labute approximate surface area is 125 Å². The topological polar surface area (TPSA) is 55.4 Å². The third-order valence-corrected chi connectivity index (χ3v) is 3.70. The van der Waals surface area contributed by atoms with Crippen LogP contribution in [0.3, 0.4) is 0 Å².